The number of likely N-dealkylation sites (N-methyl/N-ethyl adjacent to an activating group) is 3. The van der Waals surface area contributed by atoms with Gasteiger partial charge in [-0.1, -0.05) is 0 Å². The number of carbonyl (C=O) groups is 4. The van der Waals surface area contributed by atoms with E-state index in [4.69, 9.17) is 5.73 Å². The molecule has 0 aliphatic carbocycles. The average molecular weight is 490 g/mol. The molecule has 0 saturated carbocycles. The van der Waals surface area contributed by atoms with Gasteiger partial charge < -0.3 is 36.4 Å². The summed E-state index contributed by atoms with van der Waals surface area (Å²) in [5.41, 5.74) is 5.25. The first-order chi connectivity index (χ1) is 15.4. The van der Waals surface area contributed by atoms with Gasteiger partial charge in [0.2, 0.25) is 23.6 Å². The highest BCUT2D eigenvalue weighted by Crippen LogP contribution is 2.24. The number of hydrogen-bond donors (Lipinski definition) is 4. The van der Waals surface area contributed by atoms with Crippen LogP contribution in [0.1, 0.15) is 12.8 Å². The van der Waals surface area contributed by atoms with Gasteiger partial charge >= 0.3 is 0 Å². The molecule has 0 bridgehead atoms. The Morgan fingerprint density at radius 3 is 1.67 bits per heavy atom. The van der Waals surface area contributed by atoms with Crippen LogP contribution in [0.3, 0.4) is 0 Å². The molecular formula is C21H43N7O4S. The van der Waals surface area contributed by atoms with Gasteiger partial charge in [0, 0.05) is 57.9 Å². The molecule has 4 amide bonds. The molecule has 0 rings (SSSR count). The lowest BCUT2D eigenvalue weighted by Crippen LogP contribution is -2.48. The molecule has 0 heterocycles. The van der Waals surface area contributed by atoms with Crippen LogP contribution in [0.4, 0.5) is 0 Å². The first-order valence-corrected chi connectivity index (χ1v) is 12.1. The van der Waals surface area contributed by atoms with Crippen LogP contribution in [0.15, 0.2) is 0 Å². The number of carbonyl (C=O) groups excluding carboxylic acids is 4. The van der Waals surface area contributed by atoms with E-state index in [0.717, 1.165) is 0 Å². The van der Waals surface area contributed by atoms with Crippen molar-refractivity contribution < 1.29 is 19.2 Å². The molecule has 33 heavy (non-hydrogen) atoms. The fourth-order valence-corrected chi connectivity index (χ4v) is 3.99. The van der Waals surface area contributed by atoms with Crippen molar-refractivity contribution in [1.29, 1.82) is 0 Å². The van der Waals surface area contributed by atoms with Crippen LogP contribution in [0.5, 0.6) is 0 Å². The molecule has 0 aliphatic heterocycles. The van der Waals surface area contributed by atoms with Gasteiger partial charge in [-0.05, 0) is 42.3 Å². The van der Waals surface area contributed by atoms with Crippen molar-refractivity contribution in [1.82, 2.24) is 30.7 Å². The summed E-state index contributed by atoms with van der Waals surface area (Å²) in [5, 5.41) is 7.67. The highest BCUT2D eigenvalue weighted by atomic mass is 32.2. The third-order valence-corrected chi connectivity index (χ3v) is 5.95. The molecule has 2 unspecified atom stereocenters. The summed E-state index contributed by atoms with van der Waals surface area (Å²) >= 11 is 1.18. The summed E-state index contributed by atoms with van der Waals surface area (Å²) in [5.74, 6) is -2.08. The maximum Gasteiger partial charge on any atom is 0.233 e. The van der Waals surface area contributed by atoms with Crippen molar-refractivity contribution in [3.63, 3.8) is 0 Å². The second-order valence-electron chi connectivity index (χ2n) is 8.66. The second-order valence-corrected chi connectivity index (χ2v) is 9.91. The molecule has 2 atom stereocenters. The normalized spacial score (nSPS) is 13.1. The van der Waals surface area contributed by atoms with Gasteiger partial charge in [-0.15, -0.1) is 11.8 Å². The van der Waals surface area contributed by atoms with Gasteiger partial charge in [0.1, 0.15) is 0 Å². The molecule has 0 aromatic heterocycles. The number of amides is 4. The SMILES string of the molecule is CN(C)CCNC(=O)CC(C(=O)NCCN(C)C)C(SCCC(N)=O)C(=O)NCCN(C)C. The number of nitrogens with zero attached hydrogens (tertiary/aromatic N) is 3. The smallest absolute Gasteiger partial charge is 0.233 e. The van der Waals surface area contributed by atoms with Crippen LogP contribution in [-0.2, 0) is 19.2 Å². The summed E-state index contributed by atoms with van der Waals surface area (Å²) in [4.78, 5) is 55.7. The zero-order valence-electron chi connectivity index (χ0n) is 21.0. The van der Waals surface area contributed by atoms with Gasteiger partial charge in [0.25, 0.3) is 0 Å². The number of rotatable bonds is 18. The molecule has 12 heteroatoms. The summed E-state index contributed by atoms with van der Waals surface area (Å²) in [6.45, 7) is 3.16. The molecule has 0 radical (unpaired) electrons. The molecule has 0 saturated heterocycles. The van der Waals surface area contributed by atoms with Gasteiger partial charge in [-0.2, -0.15) is 0 Å². The molecule has 0 fully saturated rings. The Balaban J connectivity index is 5.48. The Kier molecular flexibility index (Phi) is 16.6. The molecular weight excluding hydrogens is 446 g/mol. The number of primary amides is 1. The lowest BCUT2D eigenvalue weighted by Gasteiger charge is -2.26. The van der Waals surface area contributed by atoms with Crippen molar-refractivity contribution in [2.24, 2.45) is 11.7 Å². The maximum absolute atomic E-state index is 13.1. The summed E-state index contributed by atoms with van der Waals surface area (Å²) in [6.07, 6.45) is -0.0489. The van der Waals surface area contributed by atoms with E-state index in [1.165, 1.54) is 11.8 Å². The van der Waals surface area contributed by atoms with Crippen LogP contribution < -0.4 is 21.7 Å². The van der Waals surface area contributed by atoms with Gasteiger partial charge in [-0.25, -0.2) is 0 Å². The van der Waals surface area contributed by atoms with Crippen molar-refractivity contribution in [3.05, 3.63) is 0 Å². The fourth-order valence-electron chi connectivity index (χ4n) is 2.73. The maximum atomic E-state index is 13.1. The first-order valence-electron chi connectivity index (χ1n) is 11.1. The van der Waals surface area contributed by atoms with Gasteiger partial charge in [0.05, 0.1) is 11.2 Å². The monoisotopic (exact) mass is 489 g/mol. The molecule has 192 valence electrons. The summed E-state index contributed by atoms with van der Waals surface area (Å²) in [7, 11) is 11.4. The second kappa shape index (κ2) is 17.6. The van der Waals surface area contributed by atoms with Crippen LogP contribution in [-0.4, -0.2) is 131 Å². The van der Waals surface area contributed by atoms with E-state index in [2.05, 4.69) is 16.0 Å². The molecule has 0 spiro atoms. The van der Waals surface area contributed by atoms with Crippen molar-refractivity contribution in [2.45, 2.75) is 18.1 Å². The fraction of sp³-hybridized carbons (Fsp3) is 0.810. The minimum Gasteiger partial charge on any atom is -0.370 e. The van der Waals surface area contributed by atoms with Crippen molar-refractivity contribution in [3.8, 4) is 0 Å². The standard InChI is InChI=1S/C21H43N7O4S/c1-26(2)11-8-23-18(30)15-16(20(31)24-9-12-27(3)4)19(33-14-7-17(22)29)21(32)25-10-13-28(5)6/h16,19H,7-15H2,1-6H3,(H2,22,29)(H,23,30)(H,24,31)(H,25,32). The number of nitrogens with one attached hydrogen (secondary N) is 3. The van der Waals surface area contributed by atoms with E-state index >= 15 is 0 Å². The van der Waals surface area contributed by atoms with E-state index in [1.807, 2.05) is 57.0 Å². The Morgan fingerprint density at radius 1 is 0.758 bits per heavy atom. The predicted molar refractivity (Wildman–Crippen MR) is 133 cm³/mol. The number of hydrogen-bond acceptors (Lipinski definition) is 8. The quantitative estimate of drug-likeness (QED) is 0.173. The number of nitrogens with two attached hydrogens (primary N) is 1. The van der Waals surface area contributed by atoms with Gasteiger partial charge in [-0.3, -0.25) is 19.2 Å². The third kappa shape index (κ3) is 16.4. The molecule has 11 nitrogen and oxygen atoms in total. The summed E-state index contributed by atoms with van der Waals surface area (Å²) < 4.78 is 0. The minimum absolute atomic E-state index is 0.0795. The molecule has 0 aromatic carbocycles. The number of thioether (sulfide) groups is 1. The van der Waals surface area contributed by atoms with Crippen LogP contribution in [0, 0.1) is 5.92 Å². The Labute approximate surface area is 202 Å². The van der Waals surface area contributed by atoms with E-state index in [0.29, 0.717) is 39.3 Å². The van der Waals surface area contributed by atoms with Gasteiger partial charge in [0.15, 0.2) is 0 Å². The zero-order valence-corrected chi connectivity index (χ0v) is 21.8. The largest absolute Gasteiger partial charge is 0.370 e. The van der Waals surface area contributed by atoms with Crippen LogP contribution in [0.25, 0.3) is 0 Å². The van der Waals surface area contributed by atoms with E-state index in [1.54, 1.807) is 0 Å². The third-order valence-electron chi connectivity index (χ3n) is 4.61. The molecule has 0 aromatic rings. The predicted octanol–water partition coefficient (Wildman–Crippen LogP) is -2.00. The van der Waals surface area contributed by atoms with Crippen LogP contribution in [0.2, 0.25) is 0 Å². The minimum atomic E-state index is -0.885. The van der Waals surface area contributed by atoms with E-state index in [-0.39, 0.29) is 36.3 Å². The van der Waals surface area contributed by atoms with Crippen molar-refractivity contribution in [2.75, 3.05) is 87.3 Å². The molecule has 0 aliphatic rings. The lowest BCUT2D eigenvalue weighted by atomic mass is 9.98. The lowest BCUT2D eigenvalue weighted by molar-refractivity contribution is -0.133. The Morgan fingerprint density at radius 2 is 1.21 bits per heavy atom. The Hall–Kier alpha value is -1.89. The average Bonchev–Trinajstić information content (AvgIpc) is 2.68. The topological polar surface area (TPSA) is 140 Å². The Bertz CT molecular complexity index is 617. The van der Waals surface area contributed by atoms with Crippen LogP contribution >= 0.6 is 11.8 Å². The molecule has 5 N–H and O–H groups in total. The van der Waals surface area contributed by atoms with Crippen molar-refractivity contribution >= 4 is 35.4 Å². The van der Waals surface area contributed by atoms with E-state index < -0.39 is 17.1 Å². The first kappa shape index (κ1) is 31.1. The summed E-state index contributed by atoms with van der Waals surface area (Å²) in [6, 6.07) is 0. The highest BCUT2D eigenvalue weighted by molar-refractivity contribution is 8.00. The highest BCUT2D eigenvalue weighted by Gasteiger charge is 2.35. The zero-order chi connectivity index (χ0) is 25.4. The van der Waals surface area contributed by atoms with E-state index in [9.17, 15) is 19.2 Å².